The molecule has 1 aromatic heterocycles. The molecule has 3 heterocycles. The number of piperidine rings is 1. The molecule has 1 N–H and O–H groups in total. The fraction of sp³-hybridized carbons (Fsp3) is 0.667. The van der Waals surface area contributed by atoms with Crippen molar-refractivity contribution in [2.45, 2.75) is 37.5 Å². The topological polar surface area (TPSA) is 75.4 Å². The van der Waals surface area contributed by atoms with Crippen LogP contribution in [0.4, 0.5) is 8.78 Å². The molecular weight excluding hydrogens is 308 g/mol. The minimum Gasteiger partial charge on any atom is -0.360 e. The van der Waals surface area contributed by atoms with Crippen LogP contribution in [0.1, 0.15) is 47.8 Å². The molecule has 8 heteroatoms. The molecule has 2 saturated heterocycles. The van der Waals surface area contributed by atoms with Crippen LogP contribution in [0.3, 0.4) is 0 Å². The fourth-order valence-electron chi connectivity index (χ4n) is 3.60. The van der Waals surface area contributed by atoms with Crippen molar-refractivity contribution in [3.05, 3.63) is 17.5 Å². The number of rotatable bonds is 2. The van der Waals surface area contributed by atoms with E-state index in [9.17, 15) is 18.4 Å². The van der Waals surface area contributed by atoms with E-state index >= 15 is 0 Å². The Morgan fingerprint density at radius 2 is 2.17 bits per heavy atom. The van der Waals surface area contributed by atoms with Gasteiger partial charge in [-0.15, -0.1) is 0 Å². The normalized spacial score (nSPS) is 29.8. The van der Waals surface area contributed by atoms with Crippen LogP contribution < -0.4 is 5.32 Å². The van der Waals surface area contributed by atoms with Crippen molar-refractivity contribution in [1.82, 2.24) is 15.4 Å². The number of carbonyl (C=O) groups excluding carboxylic acids is 2. The Balaban J connectivity index is 1.58. The van der Waals surface area contributed by atoms with Crippen molar-refractivity contribution in [2.75, 3.05) is 19.6 Å². The van der Waals surface area contributed by atoms with Gasteiger partial charge in [-0.1, -0.05) is 5.16 Å². The predicted octanol–water partition coefficient (Wildman–Crippen LogP) is 1.54. The summed E-state index contributed by atoms with van der Waals surface area (Å²) >= 11 is 0. The van der Waals surface area contributed by atoms with Gasteiger partial charge in [0.05, 0.1) is 12.0 Å². The Hall–Kier alpha value is -1.99. The van der Waals surface area contributed by atoms with E-state index in [1.807, 2.05) is 0 Å². The third-order valence-corrected chi connectivity index (χ3v) is 4.90. The third kappa shape index (κ3) is 2.49. The van der Waals surface area contributed by atoms with Crippen LogP contribution in [0, 0.1) is 5.41 Å². The van der Waals surface area contributed by atoms with E-state index < -0.39 is 36.1 Å². The number of aromatic nitrogens is 1. The number of nitrogens with zero attached hydrogens (tertiary/aromatic N) is 2. The number of hydrogen-bond donors (Lipinski definition) is 1. The maximum absolute atomic E-state index is 14.1. The highest BCUT2D eigenvalue weighted by Crippen LogP contribution is 2.44. The molecule has 0 bridgehead atoms. The predicted molar refractivity (Wildman–Crippen MR) is 74.0 cm³/mol. The van der Waals surface area contributed by atoms with Crippen molar-refractivity contribution in [1.29, 1.82) is 0 Å². The quantitative estimate of drug-likeness (QED) is 0.895. The van der Waals surface area contributed by atoms with Crippen LogP contribution in [-0.4, -0.2) is 47.4 Å². The minimum absolute atomic E-state index is 0.00111. The van der Waals surface area contributed by atoms with Crippen molar-refractivity contribution in [3.8, 4) is 0 Å². The molecule has 2 aliphatic heterocycles. The molecule has 1 saturated carbocycles. The second-order valence-corrected chi connectivity index (χ2v) is 6.87. The molecule has 23 heavy (non-hydrogen) atoms. The molecule has 1 unspecified atom stereocenters. The second-order valence-electron chi connectivity index (χ2n) is 6.87. The van der Waals surface area contributed by atoms with Gasteiger partial charge in [-0.05, 0) is 19.3 Å². The molecule has 2 amide bonds. The first kappa shape index (κ1) is 14.6. The number of carbonyl (C=O) groups is 2. The van der Waals surface area contributed by atoms with E-state index in [-0.39, 0.29) is 12.2 Å². The maximum Gasteiger partial charge on any atom is 0.276 e. The van der Waals surface area contributed by atoms with E-state index in [2.05, 4.69) is 10.5 Å². The average molecular weight is 325 g/mol. The molecular formula is C15H17F2N3O3. The summed E-state index contributed by atoms with van der Waals surface area (Å²) < 4.78 is 33.4. The van der Waals surface area contributed by atoms with Gasteiger partial charge >= 0.3 is 0 Å². The molecule has 0 aromatic carbocycles. The lowest BCUT2D eigenvalue weighted by Crippen LogP contribution is -2.56. The van der Waals surface area contributed by atoms with Gasteiger partial charge < -0.3 is 14.7 Å². The summed E-state index contributed by atoms with van der Waals surface area (Å²) in [6, 6.07) is 1.54. The summed E-state index contributed by atoms with van der Waals surface area (Å²) in [7, 11) is 0. The summed E-state index contributed by atoms with van der Waals surface area (Å²) in [6.45, 7) is -0.321. The molecule has 3 aliphatic rings. The lowest BCUT2D eigenvalue weighted by molar-refractivity contribution is -0.144. The van der Waals surface area contributed by atoms with Crippen LogP contribution in [0.5, 0.6) is 0 Å². The van der Waals surface area contributed by atoms with Crippen molar-refractivity contribution < 1.29 is 22.9 Å². The number of halogens is 2. The molecule has 1 aromatic rings. The Morgan fingerprint density at radius 3 is 2.83 bits per heavy atom. The zero-order valence-electron chi connectivity index (χ0n) is 12.5. The highest BCUT2D eigenvalue weighted by molar-refractivity contribution is 5.93. The van der Waals surface area contributed by atoms with Crippen LogP contribution in [0.15, 0.2) is 10.6 Å². The van der Waals surface area contributed by atoms with Crippen LogP contribution in [-0.2, 0) is 4.79 Å². The van der Waals surface area contributed by atoms with Crippen molar-refractivity contribution >= 4 is 11.8 Å². The molecule has 0 radical (unpaired) electrons. The second kappa shape index (κ2) is 4.75. The first-order valence-electron chi connectivity index (χ1n) is 7.81. The number of hydrogen-bond acceptors (Lipinski definition) is 4. The van der Waals surface area contributed by atoms with Gasteiger partial charge in [-0.25, -0.2) is 8.78 Å². The Morgan fingerprint density at radius 1 is 1.39 bits per heavy atom. The zero-order chi connectivity index (χ0) is 16.2. The largest absolute Gasteiger partial charge is 0.360 e. The fourth-order valence-corrected chi connectivity index (χ4v) is 3.60. The van der Waals surface area contributed by atoms with Gasteiger partial charge in [0.1, 0.15) is 5.76 Å². The highest BCUT2D eigenvalue weighted by Gasteiger charge is 2.56. The highest BCUT2D eigenvalue weighted by atomic mass is 19.3. The van der Waals surface area contributed by atoms with Crippen LogP contribution in [0.25, 0.3) is 0 Å². The molecule has 6 nitrogen and oxygen atoms in total. The SMILES string of the molecule is O=C(c1cc(C2CC2)on1)N1CC(F)(F)CC2(CCNC2=O)C1. The third-order valence-electron chi connectivity index (χ3n) is 4.90. The van der Waals surface area contributed by atoms with Gasteiger partial charge in [0.2, 0.25) is 5.91 Å². The summed E-state index contributed by atoms with van der Waals surface area (Å²) in [6.07, 6.45) is 1.79. The number of nitrogens with one attached hydrogen (secondary N) is 1. The maximum atomic E-state index is 14.1. The summed E-state index contributed by atoms with van der Waals surface area (Å²) in [5.41, 5.74) is -1.15. The smallest absolute Gasteiger partial charge is 0.276 e. The molecule has 3 fully saturated rings. The van der Waals surface area contributed by atoms with E-state index in [1.165, 1.54) is 6.07 Å². The van der Waals surface area contributed by atoms with E-state index in [0.717, 1.165) is 17.7 Å². The summed E-state index contributed by atoms with van der Waals surface area (Å²) in [5, 5.41) is 6.32. The standard InChI is InChI=1S/C15H17F2N3O3/c16-15(17)6-14(3-4-18-13(14)22)7-20(8-15)12(21)10-5-11(23-19-10)9-1-2-9/h5,9H,1-4,6-8H2,(H,18,22). The Labute approximate surface area is 131 Å². The molecule has 1 atom stereocenters. The number of alkyl halides is 2. The zero-order valence-corrected chi connectivity index (χ0v) is 12.5. The van der Waals surface area contributed by atoms with Crippen molar-refractivity contribution in [2.24, 2.45) is 5.41 Å². The molecule has 1 spiro atoms. The summed E-state index contributed by atoms with van der Waals surface area (Å²) in [4.78, 5) is 25.6. The Kier molecular flexibility index (Phi) is 3.01. The van der Waals surface area contributed by atoms with Crippen LogP contribution >= 0.6 is 0 Å². The lowest BCUT2D eigenvalue weighted by atomic mass is 9.77. The number of amides is 2. The first-order valence-corrected chi connectivity index (χ1v) is 7.81. The first-order chi connectivity index (χ1) is 10.9. The van der Waals surface area contributed by atoms with Gasteiger partial charge in [-0.2, -0.15) is 0 Å². The van der Waals surface area contributed by atoms with Gasteiger partial charge in [-0.3, -0.25) is 9.59 Å². The summed E-state index contributed by atoms with van der Waals surface area (Å²) in [5.74, 6) is -3.16. The van der Waals surface area contributed by atoms with Gasteiger partial charge in [0.15, 0.2) is 5.69 Å². The Bertz CT molecular complexity index is 671. The molecule has 1 aliphatic carbocycles. The van der Waals surface area contributed by atoms with Gasteiger partial charge in [0.25, 0.3) is 11.8 Å². The molecule has 124 valence electrons. The number of likely N-dealkylation sites (tertiary alicyclic amines) is 1. The van der Waals surface area contributed by atoms with E-state index in [0.29, 0.717) is 24.6 Å². The molecule has 4 rings (SSSR count). The monoisotopic (exact) mass is 325 g/mol. The van der Waals surface area contributed by atoms with E-state index in [1.54, 1.807) is 0 Å². The van der Waals surface area contributed by atoms with Crippen molar-refractivity contribution in [3.63, 3.8) is 0 Å². The minimum atomic E-state index is -3.08. The lowest BCUT2D eigenvalue weighted by Gasteiger charge is -2.42. The average Bonchev–Trinajstić information content (AvgIpc) is 3.12. The van der Waals surface area contributed by atoms with Gasteiger partial charge in [0, 0.05) is 31.5 Å². The van der Waals surface area contributed by atoms with Crippen LogP contribution in [0.2, 0.25) is 0 Å². The van der Waals surface area contributed by atoms with E-state index in [4.69, 9.17) is 4.52 Å².